The number of rotatable bonds is 4. The van der Waals surface area contributed by atoms with E-state index in [9.17, 15) is 9.18 Å². The molecule has 25 heavy (non-hydrogen) atoms. The van der Waals surface area contributed by atoms with Gasteiger partial charge in [0.05, 0.1) is 5.69 Å². The van der Waals surface area contributed by atoms with Crippen LogP contribution in [0, 0.1) is 5.82 Å². The number of carbonyl (C=O) groups excluding carboxylic acids is 1. The van der Waals surface area contributed by atoms with Crippen LogP contribution in [0.2, 0.25) is 5.02 Å². The van der Waals surface area contributed by atoms with E-state index >= 15 is 0 Å². The third-order valence-electron chi connectivity index (χ3n) is 4.26. The molecule has 1 fully saturated rings. The summed E-state index contributed by atoms with van der Waals surface area (Å²) in [5, 5.41) is 0.621. The van der Waals surface area contributed by atoms with Crippen LogP contribution in [0.15, 0.2) is 48.5 Å². The molecule has 0 N–H and O–H groups in total. The minimum atomic E-state index is -0.582. The first-order chi connectivity index (χ1) is 12.0. The predicted molar refractivity (Wildman–Crippen MR) is 96.7 cm³/mol. The van der Waals surface area contributed by atoms with Gasteiger partial charge in [0.25, 0.3) is 5.91 Å². The van der Waals surface area contributed by atoms with Gasteiger partial charge in [-0.05, 0) is 43.3 Å². The standard InChI is InChI=1S/C19H20ClFN2O2/c1-14(25-16-8-6-15(20)7-9-16)19(24)23-12-10-22(11-13-23)18-5-3-2-4-17(18)21/h2-9,14H,10-13H2,1H3. The maximum absolute atomic E-state index is 13.9. The third-order valence-corrected chi connectivity index (χ3v) is 4.51. The molecule has 1 amide bonds. The fourth-order valence-corrected chi connectivity index (χ4v) is 3.03. The molecule has 4 nitrogen and oxygen atoms in total. The number of carbonyl (C=O) groups is 1. The molecule has 2 aromatic rings. The highest BCUT2D eigenvalue weighted by molar-refractivity contribution is 6.30. The Balaban J connectivity index is 1.56. The zero-order valence-electron chi connectivity index (χ0n) is 14.0. The van der Waals surface area contributed by atoms with Crippen LogP contribution in [0.5, 0.6) is 5.75 Å². The first-order valence-corrected chi connectivity index (χ1v) is 8.63. The highest BCUT2D eigenvalue weighted by Crippen LogP contribution is 2.21. The van der Waals surface area contributed by atoms with E-state index in [0.29, 0.717) is 42.6 Å². The van der Waals surface area contributed by atoms with Crippen molar-refractivity contribution in [2.24, 2.45) is 0 Å². The fourth-order valence-electron chi connectivity index (χ4n) is 2.90. The smallest absolute Gasteiger partial charge is 0.263 e. The van der Waals surface area contributed by atoms with E-state index in [1.807, 2.05) is 11.0 Å². The summed E-state index contributed by atoms with van der Waals surface area (Å²) >= 11 is 5.85. The molecule has 0 saturated carbocycles. The van der Waals surface area contributed by atoms with Crippen molar-refractivity contribution in [2.75, 3.05) is 31.1 Å². The Morgan fingerprint density at radius 3 is 2.36 bits per heavy atom. The van der Waals surface area contributed by atoms with E-state index in [-0.39, 0.29) is 11.7 Å². The topological polar surface area (TPSA) is 32.8 Å². The van der Waals surface area contributed by atoms with Crippen molar-refractivity contribution in [2.45, 2.75) is 13.0 Å². The van der Waals surface area contributed by atoms with Crippen LogP contribution < -0.4 is 9.64 Å². The summed E-state index contributed by atoms with van der Waals surface area (Å²) in [5.74, 6) is 0.306. The molecular formula is C19H20ClFN2O2. The highest BCUT2D eigenvalue weighted by Gasteiger charge is 2.26. The minimum absolute atomic E-state index is 0.0665. The SMILES string of the molecule is CC(Oc1ccc(Cl)cc1)C(=O)N1CCN(c2ccccc2F)CC1. The van der Waals surface area contributed by atoms with Gasteiger partial charge in [-0.2, -0.15) is 0 Å². The average molecular weight is 363 g/mol. The zero-order chi connectivity index (χ0) is 17.8. The van der Waals surface area contributed by atoms with E-state index in [1.54, 1.807) is 48.2 Å². The second kappa shape index (κ2) is 7.74. The van der Waals surface area contributed by atoms with E-state index in [2.05, 4.69) is 0 Å². The molecule has 6 heteroatoms. The Hall–Kier alpha value is -2.27. The van der Waals surface area contributed by atoms with Gasteiger partial charge in [0.15, 0.2) is 6.10 Å². The van der Waals surface area contributed by atoms with Crippen LogP contribution in [-0.4, -0.2) is 43.1 Å². The molecule has 0 bridgehead atoms. The molecule has 0 spiro atoms. The van der Waals surface area contributed by atoms with Gasteiger partial charge < -0.3 is 14.5 Å². The van der Waals surface area contributed by atoms with Crippen LogP contribution in [0.3, 0.4) is 0 Å². The van der Waals surface area contributed by atoms with Gasteiger partial charge in [-0.1, -0.05) is 23.7 Å². The van der Waals surface area contributed by atoms with Crippen molar-refractivity contribution in [3.8, 4) is 5.75 Å². The van der Waals surface area contributed by atoms with Crippen LogP contribution in [0.25, 0.3) is 0 Å². The molecule has 1 saturated heterocycles. The number of benzene rings is 2. The number of anilines is 1. The minimum Gasteiger partial charge on any atom is -0.481 e. The van der Waals surface area contributed by atoms with Gasteiger partial charge in [-0.15, -0.1) is 0 Å². The van der Waals surface area contributed by atoms with Gasteiger partial charge in [0, 0.05) is 31.2 Å². The van der Waals surface area contributed by atoms with Crippen molar-refractivity contribution in [1.82, 2.24) is 4.90 Å². The fraction of sp³-hybridized carbons (Fsp3) is 0.316. The summed E-state index contributed by atoms with van der Waals surface area (Å²) in [6, 6.07) is 13.6. The van der Waals surface area contributed by atoms with Gasteiger partial charge in [-0.25, -0.2) is 4.39 Å². The second-order valence-electron chi connectivity index (χ2n) is 5.98. The molecule has 3 rings (SSSR count). The monoisotopic (exact) mass is 362 g/mol. The number of amides is 1. The maximum Gasteiger partial charge on any atom is 0.263 e. The van der Waals surface area contributed by atoms with E-state index in [1.165, 1.54) is 6.07 Å². The van der Waals surface area contributed by atoms with Crippen LogP contribution in [0.1, 0.15) is 6.92 Å². The number of para-hydroxylation sites is 1. The first kappa shape index (κ1) is 17.5. The second-order valence-corrected chi connectivity index (χ2v) is 6.41. The number of nitrogens with zero attached hydrogens (tertiary/aromatic N) is 2. The zero-order valence-corrected chi connectivity index (χ0v) is 14.7. The Morgan fingerprint density at radius 2 is 1.72 bits per heavy atom. The number of piperazine rings is 1. The highest BCUT2D eigenvalue weighted by atomic mass is 35.5. The summed E-state index contributed by atoms with van der Waals surface area (Å²) in [5.41, 5.74) is 0.583. The van der Waals surface area contributed by atoms with Crippen molar-refractivity contribution in [3.05, 3.63) is 59.4 Å². The average Bonchev–Trinajstić information content (AvgIpc) is 2.63. The number of hydrogen-bond donors (Lipinski definition) is 0. The quantitative estimate of drug-likeness (QED) is 0.833. The van der Waals surface area contributed by atoms with E-state index in [0.717, 1.165) is 0 Å². The lowest BCUT2D eigenvalue weighted by Crippen LogP contribution is -2.52. The summed E-state index contributed by atoms with van der Waals surface area (Å²) in [7, 11) is 0. The Kier molecular flexibility index (Phi) is 5.43. The molecule has 2 aromatic carbocycles. The van der Waals surface area contributed by atoms with E-state index in [4.69, 9.17) is 16.3 Å². The number of halogens is 2. The molecule has 0 aliphatic carbocycles. The molecule has 132 valence electrons. The lowest BCUT2D eigenvalue weighted by molar-refractivity contribution is -0.138. The van der Waals surface area contributed by atoms with Gasteiger partial charge in [-0.3, -0.25) is 4.79 Å². The molecule has 1 aliphatic rings. The van der Waals surface area contributed by atoms with E-state index < -0.39 is 6.10 Å². The Labute approximate surface area is 151 Å². The lowest BCUT2D eigenvalue weighted by Gasteiger charge is -2.37. The molecule has 0 aromatic heterocycles. The van der Waals surface area contributed by atoms with Gasteiger partial charge in [0.2, 0.25) is 0 Å². The molecule has 1 atom stereocenters. The summed E-state index contributed by atoms with van der Waals surface area (Å²) in [6.45, 7) is 4.02. The normalized spacial score (nSPS) is 15.8. The number of ether oxygens (including phenoxy) is 1. The van der Waals surface area contributed by atoms with Gasteiger partial charge >= 0.3 is 0 Å². The molecule has 1 unspecified atom stereocenters. The third kappa shape index (κ3) is 4.23. The predicted octanol–water partition coefficient (Wildman–Crippen LogP) is 3.60. The van der Waals surface area contributed by atoms with Crippen molar-refractivity contribution < 1.29 is 13.9 Å². The summed E-state index contributed by atoms with van der Waals surface area (Å²) in [6.07, 6.45) is -0.582. The van der Waals surface area contributed by atoms with Gasteiger partial charge in [0.1, 0.15) is 11.6 Å². The first-order valence-electron chi connectivity index (χ1n) is 8.25. The molecule has 0 radical (unpaired) electrons. The molecule has 1 heterocycles. The van der Waals surface area contributed by atoms with Crippen molar-refractivity contribution in [1.29, 1.82) is 0 Å². The van der Waals surface area contributed by atoms with Crippen LogP contribution in [0.4, 0.5) is 10.1 Å². The Morgan fingerprint density at radius 1 is 1.08 bits per heavy atom. The lowest BCUT2D eigenvalue weighted by atomic mass is 10.2. The summed E-state index contributed by atoms with van der Waals surface area (Å²) < 4.78 is 19.6. The molecule has 1 aliphatic heterocycles. The van der Waals surface area contributed by atoms with Crippen molar-refractivity contribution in [3.63, 3.8) is 0 Å². The molecular weight excluding hydrogens is 343 g/mol. The Bertz CT molecular complexity index is 730. The summed E-state index contributed by atoms with van der Waals surface area (Å²) in [4.78, 5) is 16.3. The largest absolute Gasteiger partial charge is 0.481 e. The van der Waals surface area contributed by atoms with Crippen LogP contribution in [-0.2, 0) is 4.79 Å². The number of hydrogen-bond acceptors (Lipinski definition) is 3. The maximum atomic E-state index is 13.9. The van der Waals surface area contributed by atoms with Crippen LogP contribution >= 0.6 is 11.6 Å². The van der Waals surface area contributed by atoms with Crippen molar-refractivity contribution >= 4 is 23.2 Å².